The van der Waals surface area contributed by atoms with Crippen molar-refractivity contribution in [3.63, 3.8) is 0 Å². The molecule has 0 saturated heterocycles. The fraction of sp³-hybridized carbons (Fsp3) is 0.200. The largest absolute Gasteiger partial charge is 0.497 e. The van der Waals surface area contributed by atoms with Crippen molar-refractivity contribution in [1.29, 1.82) is 5.53 Å². The molecule has 0 unspecified atom stereocenters. The Morgan fingerprint density at radius 1 is 1.57 bits per heavy atom. The average molecular weight is 191 g/mol. The fourth-order valence-electron chi connectivity index (χ4n) is 1.10. The van der Waals surface area contributed by atoms with Crippen molar-refractivity contribution >= 4 is 5.70 Å². The zero-order valence-electron chi connectivity index (χ0n) is 8.24. The van der Waals surface area contributed by atoms with Gasteiger partial charge in [0, 0.05) is 18.8 Å². The first-order valence-corrected chi connectivity index (χ1v) is 4.21. The van der Waals surface area contributed by atoms with E-state index in [-0.39, 0.29) is 0 Å². The molecule has 2 N–H and O–H groups in total. The van der Waals surface area contributed by atoms with Crippen molar-refractivity contribution in [1.82, 2.24) is 5.32 Å². The van der Waals surface area contributed by atoms with Crippen LogP contribution < -0.4 is 10.1 Å². The summed E-state index contributed by atoms with van der Waals surface area (Å²) < 4.78 is 5.08. The van der Waals surface area contributed by atoms with Crippen LogP contribution in [-0.4, -0.2) is 14.2 Å². The molecule has 14 heavy (non-hydrogen) atoms. The molecule has 0 aromatic heterocycles. The lowest BCUT2D eigenvalue weighted by atomic mass is 10.1. The Kier molecular flexibility index (Phi) is 3.67. The van der Waals surface area contributed by atoms with Crippen molar-refractivity contribution in [2.75, 3.05) is 14.2 Å². The Morgan fingerprint density at radius 2 is 2.36 bits per heavy atom. The summed E-state index contributed by atoms with van der Waals surface area (Å²) in [6.07, 6.45) is 1.67. The molecule has 0 aliphatic carbocycles. The van der Waals surface area contributed by atoms with Crippen LogP contribution in [0.15, 0.2) is 35.6 Å². The zero-order chi connectivity index (χ0) is 10.4. The van der Waals surface area contributed by atoms with Gasteiger partial charge in [-0.25, -0.2) is 5.53 Å². The number of ether oxygens (including phenoxy) is 1. The first-order valence-electron chi connectivity index (χ1n) is 4.21. The summed E-state index contributed by atoms with van der Waals surface area (Å²) in [5.74, 6) is 0.758. The Morgan fingerprint density at radius 3 is 2.93 bits per heavy atom. The van der Waals surface area contributed by atoms with Crippen molar-refractivity contribution in [2.24, 2.45) is 5.11 Å². The first-order chi connectivity index (χ1) is 6.81. The topological polar surface area (TPSA) is 57.5 Å². The predicted octanol–water partition coefficient (Wildman–Crippen LogP) is 2.24. The minimum Gasteiger partial charge on any atom is -0.497 e. The van der Waals surface area contributed by atoms with Gasteiger partial charge in [0.1, 0.15) is 11.4 Å². The van der Waals surface area contributed by atoms with Gasteiger partial charge in [-0.1, -0.05) is 12.1 Å². The van der Waals surface area contributed by atoms with E-state index in [0.29, 0.717) is 5.70 Å². The summed E-state index contributed by atoms with van der Waals surface area (Å²) in [7, 11) is 3.38. The average Bonchev–Trinajstić information content (AvgIpc) is 2.26. The summed E-state index contributed by atoms with van der Waals surface area (Å²) in [5.41, 5.74) is 8.43. The minimum atomic E-state index is 0.575. The van der Waals surface area contributed by atoms with Crippen LogP contribution >= 0.6 is 0 Å². The third-order valence-electron chi connectivity index (χ3n) is 1.77. The fourth-order valence-corrected chi connectivity index (χ4v) is 1.10. The molecule has 4 heteroatoms. The number of nitrogens with one attached hydrogen (secondary N) is 2. The van der Waals surface area contributed by atoms with E-state index in [1.54, 1.807) is 20.4 Å². The van der Waals surface area contributed by atoms with Crippen LogP contribution in [0, 0.1) is 5.53 Å². The SMILES string of the molecule is CN/C=C(\N=N)c1cccc(OC)c1. The van der Waals surface area contributed by atoms with Gasteiger partial charge in [0.25, 0.3) is 0 Å². The van der Waals surface area contributed by atoms with E-state index in [0.717, 1.165) is 11.3 Å². The van der Waals surface area contributed by atoms with Gasteiger partial charge in [0.2, 0.25) is 0 Å². The van der Waals surface area contributed by atoms with Gasteiger partial charge in [-0.3, -0.25) is 0 Å². The molecule has 1 aromatic rings. The van der Waals surface area contributed by atoms with Gasteiger partial charge in [0.15, 0.2) is 0 Å². The van der Waals surface area contributed by atoms with Crippen LogP contribution in [0.4, 0.5) is 0 Å². The highest BCUT2D eigenvalue weighted by Crippen LogP contribution is 2.20. The van der Waals surface area contributed by atoms with E-state index in [9.17, 15) is 0 Å². The summed E-state index contributed by atoms with van der Waals surface area (Å²) in [4.78, 5) is 0. The summed E-state index contributed by atoms with van der Waals surface area (Å²) >= 11 is 0. The number of hydrogen-bond donors (Lipinski definition) is 2. The quantitative estimate of drug-likeness (QED) is 0.717. The number of nitrogens with zero attached hydrogens (tertiary/aromatic N) is 1. The van der Waals surface area contributed by atoms with Crippen molar-refractivity contribution in [2.45, 2.75) is 0 Å². The van der Waals surface area contributed by atoms with Gasteiger partial charge in [-0.05, 0) is 12.1 Å². The van der Waals surface area contributed by atoms with Gasteiger partial charge >= 0.3 is 0 Å². The Balaban J connectivity index is 3.04. The maximum atomic E-state index is 7.00. The third kappa shape index (κ3) is 2.32. The second-order valence-corrected chi connectivity index (χ2v) is 2.66. The monoisotopic (exact) mass is 191 g/mol. The van der Waals surface area contributed by atoms with Gasteiger partial charge in [-0.15, -0.1) is 0 Å². The molecule has 0 aliphatic heterocycles. The molecule has 0 heterocycles. The maximum Gasteiger partial charge on any atom is 0.119 e. The lowest BCUT2D eigenvalue weighted by Gasteiger charge is -2.03. The zero-order valence-corrected chi connectivity index (χ0v) is 8.24. The Labute approximate surface area is 83.1 Å². The number of hydrogen-bond acceptors (Lipinski definition) is 4. The molecule has 0 bridgehead atoms. The lowest BCUT2D eigenvalue weighted by Crippen LogP contribution is -1.95. The summed E-state index contributed by atoms with van der Waals surface area (Å²) in [6.45, 7) is 0. The van der Waals surface area contributed by atoms with Crippen LogP contribution in [0.25, 0.3) is 5.70 Å². The predicted molar refractivity (Wildman–Crippen MR) is 55.2 cm³/mol. The van der Waals surface area contributed by atoms with Crippen molar-refractivity contribution in [3.05, 3.63) is 36.0 Å². The van der Waals surface area contributed by atoms with Crippen LogP contribution in [0.2, 0.25) is 0 Å². The molecule has 0 saturated carbocycles. The molecule has 0 radical (unpaired) electrons. The van der Waals surface area contributed by atoms with E-state index < -0.39 is 0 Å². The number of benzene rings is 1. The van der Waals surface area contributed by atoms with Crippen LogP contribution in [0.5, 0.6) is 5.75 Å². The van der Waals surface area contributed by atoms with Gasteiger partial charge in [-0.2, -0.15) is 5.11 Å². The molecular formula is C10H13N3O. The maximum absolute atomic E-state index is 7.00. The van der Waals surface area contributed by atoms with Gasteiger partial charge < -0.3 is 10.1 Å². The Hall–Kier alpha value is -1.84. The number of methoxy groups -OCH3 is 1. The van der Waals surface area contributed by atoms with E-state index >= 15 is 0 Å². The third-order valence-corrected chi connectivity index (χ3v) is 1.77. The minimum absolute atomic E-state index is 0.575. The smallest absolute Gasteiger partial charge is 0.119 e. The van der Waals surface area contributed by atoms with Crippen molar-refractivity contribution < 1.29 is 4.74 Å². The highest BCUT2D eigenvalue weighted by Gasteiger charge is 2.00. The van der Waals surface area contributed by atoms with E-state index in [4.69, 9.17) is 10.3 Å². The lowest BCUT2D eigenvalue weighted by molar-refractivity contribution is 0.414. The van der Waals surface area contributed by atoms with Crippen LogP contribution in [0.1, 0.15) is 5.56 Å². The second-order valence-electron chi connectivity index (χ2n) is 2.66. The molecule has 0 fully saturated rings. The van der Waals surface area contributed by atoms with E-state index in [2.05, 4.69) is 10.4 Å². The summed E-state index contributed by atoms with van der Waals surface area (Å²) in [5, 5.41) is 6.25. The van der Waals surface area contributed by atoms with Crippen molar-refractivity contribution in [3.8, 4) is 5.75 Å². The highest BCUT2D eigenvalue weighted by molar-refractivity contribution is 5.64. The molecule has 1 rings (SSSR count). The standard InChI is InChI=1S/C10H13N3O/c1-12-7-10(13-11)8-4-3-5-9(6-8)14-2/h3-7,11-12H,1-2H3/b10-7-,13-11?. The first kappa shape index (κ1) is 10.2. The second kappa shape index (κ2) is 5.01. The Bertz CT molecular complexity index is 347. The molecule has 0 amide bonds. The number of rotatable bonds is 4. The summed E-state index contributed by atoms with van der Waals surface area (Å²) in [6, 6.07) is 7.43. The van der Waals surface area contributed by atoms with E-state index in [1.807, 2.05) is 24.3 Å². The molecular weight excluding hydrogens is 178 g/mol. The molecule has 0 aliphatic rings. The van der Waals surface area contributed by atoms with Crippen LogP contribution in [0.3, 0.4) is 0 Å². The molecule has 0 atom stereocenters. The van der Waals surface area contributed by atoms with Gasteiger partial charge in [0.05, 0.1) is 7.11 Å². The molecule has 1 aromatic carbocycles. The molecule has 74 valence electrons. The molecule has 4 nitrogen and oxygen atoms in total. The molecule has 0 spiro atoms. The highest BCUT2D eigenvalue weighted by atomic mass is 16.5. The van der Waals surface area contributed by atoms with E-state index in [1.165, 1.54) is 0 Å². The normalized spacial score (nSPS) is 10.9. The van der Waals surface area contributed by atoms with Crippen LogP contribution in [-0.2, 0) is 0 Å².